The monoisotopic (exact) mass is 341 g/mol. The summed E-state index contributed by atoms with van der Waals surface area (Å²) >= 11 is 2.31. The maximum Gasteiger partial charge on any atom is 0.350 e. The molecule has 0 aliphatic rings. The first-order valence-corrected chi connectivity index (χ1v) is 8.26. The zero-order valence-corrected chi connectivity index (χ0v) is 13.9. The number of thiazole rings is 1. The van der Waals surface area contributed by atoms with Crippen molar-refractivity contribution < 1.29 is 14.3 Å². The summed E-state index contributed by atoms with van der Waals surface area (Å²) in [7, 11) is 0. The molecule has 0 aliphatic carbocycles. The van der Waals surface area contributed by atoms with E-state index < -0.39 is 5.97 Å². The van der Waals surface area contributed by atoms with Crippen LogP contribution in [-0.4, -0.2) is 44.4 Å². The largest absolute Gasteiger partial charge is 0.462 e. The van der Waals surface area contributed by atoms with E-state index in [1.807, 2.05) is 0 Å². The van der Waals surface area contributed by atoms with Gasteiger partial charge in [0.05, 0.1) is 18.1 Å². The van der Waals surface area contributed by atoms with E-state index in [1.165, 1.54) is 11.8 Å². The molecule has 118 valence electrons. The number of thioether (sulfide) groups is 1. The molecule has 10 heteroatoms. The summed E-state index contributed by atoms with van der Waals surface area (Å²) in [4.78, 5) is 32.2. The number of aromatic amines is 1. The van der Waals surface area contributed by atoms with Crippen molar-refractivity contribution in [2.45, 2.75) is 25.9 Å². The van der Waals surface area contributed by atoms with Crippen molar-refractivity contribution in [3.8, 4) is 0 Å². The van der Waals surface area contributed by atoms with Gasteiger partial charge in [0.2, 0.25) is 11.1 Å². The first kappa shape index (κ1) is 16.4. The Hall–Kier alpha value is -1.94. The molecule has 0 bridgehead atoms. The second-order valence-corrected chi connectivity index (χ2v) is 6.14. The molecule has 1 amide bonds. The van der Waals surface area contributed by atoms with Crippen molar-refractivity contribution in [3.63, 3.8) is 0 Å². The SMILES string of the molecule is CCOC(=O)c1sc(NC(=O)CSc2n[nH]c(C)n2)nc1C. The van der Waals surface area contributed by atoms with Gasteiger partial charge in [0.1, 0.15) is 10.7 Å². The second-order valence-electron chi connectivity index (χ2n) is 4.19. The molecule has 2 N–H and O–H groups in total. The van der Waals surface area contributed by atoms with Crippen LogP contribution in [-0.2, 0) is 9.53 Å². The minimum absolute atomic E-state index is 0.157. The van der Waals surface area contributed by atoms with E-state index in [4.69, 9.17) is 4.74 Å². The molecule has 0 aliphatic heterocycles. The number of carbonyl (C=O) groups is 2. The average molecular weight is 341 g/mol. The van der Waals surface area contributed by atoms with Crippen molar-refractivity contribution in [2.75, 3.05) is 17.7 Å². The number of carbonyl (C=O) groups excluding carboxylic acids is 2. The fourth-order valence-corrected chi connectivity index (χ4v) is 3.03. The van der Waals surface area contributed by atoms with Crippen LogP contribution in [0.2, 0.25) is 0 Å². The van der Waals surface area contributed by atoms with Gasteiger partial charge in [0, 0.05) is 0 Å². The Morgan fingerprint density at radius 3 is 2.77 bits per heavy atom. The third kappa shape index (κ3) is 4.28. The molecule has 0 unspecified atom stereocenters. The zero-order valence-electron chi connectivity index (χ0n) is 12.3. The molecule has 0 saturated carbocycles. The van der Waals surface area contributed by atoms with Gasteiger partial charge in [-0.2, -0.15) is 0 Å². The maximum absolute atomic E-state index is 11.9. The Kier molecular flexibility index (Phi) is 5.50. The number of amides is 1. The summed E-state index contributed by atoms with van der Waals surface area (Å²) in [6, 6.07) is 0. The highest BCUT2D eigenvalue weighted by Crippen LogP contribution is 2.23. The molecule has 0 aromatic carbocycles. The van der Waals surface area contributed by atoms with Gasteiger partial charge in [-0.15, -0.1) is 5.10 Å². The lowest BCUT2D eigenvalue weighted by atomic mass is 10.4. The standard InChI is InChI=1S/C12H15N5O3S2/c1-4-20-10(19)9-6(2)13-11(22-9)15-8(18)5-21-12-14-7(3)16-17-12/h4-5H2,1-3H3,(H,13,15,18)(H,14,16,17). The summed E-state index contributed by atoms with van der Waals surface area (Å²) in [5, 5.41) is 10.2. The molecule has 2 rings (SSSR count). The number of hydrogen-bond acceptors (Lipinski definition) is 8. The fraction of sp³-hybridized carbons (Fsp3) is 0.417. The van der Waals surface area contributed by atoms with Crippen LogP contribution in [0.15, 0.2) is 5.16 Å². The van der Waals surface area contributed by atoms with Gasteiger partial charge in [-0.1, -0.05) is 23.1 Å². The first-order valence-electron chi connectivity index (χ1n) is 6.45. The third-order valence-electron chi connectivity index (χ3n) is 2.41. The topological polar surface area (TPSA) is 110 Å². The first-order chi connectivity index (χ1) is 10.5. The maximum atomic E-state index is 11.9. The number of H-pyrrole nitrogens is 1. The van der Waals surface area contributed by atoms with Crippen LogP contribution in [0.1, 0.15) is 28.1 Å². The molecular formula is C12H15N5O3S2. The lowest BCUT2D eigenvalue weighted by Crippen LogP contribution is -2.13. The van der Waals surface area contributed by atoms with Crippen LogP contribution in [0.4, 0.5) is 5.13 Å². The Morgan fingerprint density at radius 1 is 1.36 bits per heavy atom. The van der Waals surface area contributed by atoms with Crippen molar-refractivity contribution in [1.82, 2.24) is 20.2 Å². The van der Waals surface area contributed by atoms with Gasteiger partial charge in [0.25, 0.3) is 0 Å². The molecule has 0 spiro atoms. The smallest absolute Gasteiger partial charge is 0.350 e. The summed E-state index contributed by atoms with van der Waals surface area (Å²) in [6.45, 7) is 5.51. The zero-order chi connectivity index (χ0) is 16.1. The molecule has 2 heterocycles. The van der Waals surface area contributed by atoms with E-state index in [9.17, 15) is 9.59 Å². The lowest BCUT2D eigenvalue weighted by Gasteiger charge is -1.99. The second kappa shape index (κ2) is 7.36. The van der Waals surface area contributed by atoms with Crippen LogP contribution >= 0.6 is 23.1 Å². The van der Waals surface area contributed by atoms with Crippen LogP contribution in [0.25, 0.3) is 0 Å². The highest BCUT2D eigenvalue weighted by Gasteiger charge is 2.17. The van der Waals surface area contributed by atoms with E-state index in [-0.39, 0.29) is 11.7 Å². The Balaban J connectivity index is 1.91. The summed E-state index contributed by atoms with van der Waals surface area (Å²) < 4.78 is 4.93. The average Bonchev–Trinajstić information content (AvgIpc) is 3.03. The highest BCUT2D eigenvalue weighted by atomic mass is 32.2. The van der Waals surface area contributed by atoms with Crippen molar-refractivity contribution in [1.29, 1.82) is 0 Å². The number of rotatable bonds is 6. The minimum Gasteiger partial charge on any atom is -0.462 e. The summed E-state index contributed by atoms with van der Waals surface area (Å²) in [5.41, 5.74) is 0.538. The van der Waals surface area contributed by atoms with Gasteiger partial charge in [0.15, 0.2) is 5.13 Å². The van der Waals surface area contributed by atoms with Gasteiger partial charge in [-0.05, 0) is 20.8 Å². The normalized spacial score (nSPS) is 10.5. The van der Waals surface area contributed by atoms with Crippen LogP contribution in [0.5, 0.6) is 0 Å². The molecule has 0 radical (unpaired) electrons. The fourth-order valence-electron chi connectivity index (χ4n) is 1.51. The van der Waals surface area contributed by atoms with Crippen LogP contribution in [0, 0.1) is 13.8 Å². The number of nitrogens with one attached hydrogen (secondary N) is 2. The van der Waals surface area contributed by atoms with Gasteiger partial charge in [-0.3, -0.25) is 9.89 Å². The molecule has 0 atom stereocenters. The predicted octanol–water partition coefficient (Wildman–Crippen LogP) is 1.79. The third-order valence-corrected chi connectivity index (χ3v) is 4.31. The lowest BCUT2D eigenvalue weighted by molar-refractivity contribution is -0.113. The van der Waals surface area contributed by atoms with Crippen molar-refractivity contribution >= 4 is 40.1 Å². The Bertz CT molecular complexity index is 682. The number of ether oxygens (including phenoxy) is 1. The number of aromatic nitrogens is 4. The van der Waals surface area contributed by atoms with Crippen LogP contribution in [0.3, 0.4) is 0 Å². The van der Waals surface area contributed by atoms with Gasteiger partial charge in [-0.25, -0.2) is 14.8 Å². The molecule has 2 aromatic rings. The van der Waals surface area contributed by atoms with E-state index in [0.29, 0.717) is 33.3 Å². The van der Waals surface area contributed by atoms with E-state index in [0.717, 1.165) is 11.3 Å². The molecular weight excluding hydrogens is 326 g/mol. The van der Waals surface area contributed by atoms with Gasteiger partial charge >= 0.3 is 5.97 Å². The van der Waals surface area contributed by atoms with E-state index >= 15 is 0 Å². The molecule has 0 saturated heterocycles. The number of anilines is 1. The van der Waals surface area contributed by atoms with Gasteiger partial charge < -0.3 is 10.1 Å². The Morgan fingerprint density at radius 2 is 2.14 bits per heavy atom. The molecule has 2 aromatic heterocycles. The van der Waals surface area contributed by atoms with Crippen molar-refractivity contribution in [3.05, 3.63) is 16.4 Å². The molecule has 0 fully saturated rings. The Labute approximate surface area is 135 Å². The molecule has 22 heavy (non-hydrogen) atoms. The number of esters is 1. The van der Waals surface area contributed by atoms with E-state index in [2.05, 4.69) is 25.5 Å². The van der Waals surface area contributed by atoms with E-state index in [1.54, 1.807) is 20.8 Å². The summed E-state index contributed by atoms with van der Waals surface area (Å²) in [5.74, 6) is 0.183. The predicted molar refractivity (Wildman–Crippen MR) is 83.3 cm³/mol. The number of aryl methyl sites for hydroxylation is 2. The highest BCUT2D eigenvalue weighted by molar-refractivity contribution is 7.99. The molecule has 8 nitrogen and oxygen atoms in total. The quantitative estimate of drug-likeness (QED) is 0.609. The van der Waals surface area contributed by atoms with Crippen LogP contribution < -0.4 is 5.32 Å². The minimum atomic E-state index is -0.427. The number of hydrogen-bond donors (Lipinski definition) is 2. The summed E-state index contributed by atoms with van der Waals surface area (Å²) in [6.07, 6.45) is 0. The number of nitrogens with zero attached hydrogens (tertiary/aromatic N) is 3. The van der Waals surface area contributed by atoms with Crippen molar-refractivity contribution in [2.24, 2.45) is 0 Å².